The number of benzene rings is 2. The van der Waals surface area contributed by atoms with E-state index in [1.807, 2.05) is 42.5 Å². The topological polar surface area (TPSA) is 61.4 Å². The number of aliphatic hydroxyl groups is 1. The van der Waals surface area contributed by atoms with Gasteiger partial charge >= 0.3 is 0 Å². The molecular formula is C24H26N2O2S. The average Bonchev–Trinajstić information content (AvgIpc) is 3.07. The Morgan fingerprint density at radius 1 is 1.10 bits per heavy atom. The van der Waals surface area contributed by atoms with Crippen LogP contribution in [0.25, 0.3) is 0 Å². The van der Waals surface area contributed by atoms with E-state index in [4.69, 9.17) is 0 Å². The Labute approximate surface area is 175 Å². The summed E-state index contributed by atoms with van der Waals surface area (Å²) in [5.74, 6) is 2.71. The summed E-state index contributed by atoms with van der Waals surface area (Å²) in [4.78, 5) is 14.6. The third-order valence-corrected chi connectivity index (χ3v) is 8.79. The largest absolute Gasteiger partial charge is 0.374 e. The van der Waals surface area contributed by atoms with Crippen molar-refractivity contribution in [3.8, 4) is 0 Å². The zero-order valence-corrected chi connectivity index (χ0v) is 17.2. The zero-order chi connectivity index (χ0) is 19.6. The minimum Gasteiger partial charge on any atom is -0.374 e. The number of carbonyl (C=O) groups excluding carboxylic acids is 1. The van der Waals surface area contributed by atoms with Crippen LogP contribution in [0.4, 0.5) is 5.69 Å². The van der Waals surface area contributed by atoms with Gasteiger partial charge in [-0.3, -0.25) is 10.1 Å². The molecule has 4 nitrogen and oxygen atoms in total. The van der Waals surface area contributed by atoms with Crippen LogP contribution in [0, 0.1) is 23.2 Å². The molecule has 2 aromatic rings. The first-order chi connectivity index (χ1) is 14.1. The lowest BCUT2D eigenvalue weighted by atomic mass is 9.69. The molecule has 4 fully saturated rings. The second-order valence-electron chi connectivity index (χ2n) is 9.56. The summed E-state index contributed by atoms with van der Waals surface area (Å²) >= 11 is 1.59. The quantitative estimate of drug-likeness (QED) is 0.638. The predicted molar refractivity (Wildman–Crippen MR) is 114 cm³/mol. The van der Waals surface area contributed by atoms with Crippen LogP contribution in [0.5, 0.6) is 0 Å². The van der Waals surface area contributed by atoms with Gasteiger partial charge in [0.1, 0.15) is 6.23 Å². The molecule has 1 heterocycles. The Hall–Kier alpha value is -1.82. The van der Waals surface area contributed by atoms with E-state index >= 15 is 0 Å². The van der Waals surface area contributed by atoms with Gasteiger partial charge in [0.15, 0.2) is 0 Å². The maximum Gasteiger partial charge on any atom is 0.256 e. The Morgan fingerprint density at radius 3 is 2.69 bits per heavy atom. The van der Waals surface area contributed by atoms with Gasteiger partial charge in [0, 0.05) is 16.3 Å². The molecule has 3 unspecified atom stereocenters. The first-order valence-corrected chi connectivity index (χ1v) is 11.5. The van der Waals surface area contributed by atoms with Gasteiger partial charge in [-0.25, -0.2) is 0 Å². The molecule has 4 aliphatic carbocycles. The van der Waals surface area contributed by atoms with Crippen LogP contribution in [-0.4, -0.2) is 17.6 Å². The van der Waals surface area contributed by atoms with Crippen LogP contribution < -0.4 is 10.6 Å². The molecule has 0 spiro atoms. The third kappa shape index (κ3) is 3.02. The van der Waals surface area contributed by atoms with Gasteiger partial charge in [-0.2, -0.15) is 0 Å². The van der Waals surface area contributed by atoms with Gasteiger partial charge in [-0.15, -0.1) is 0 Å². The number of anilines is 1. The van der Waals surface area contributed by atoms with Crippen molar-refractivity contribution in [1.29, 1.82) is 0 Å². The molecule has 4 saturated carbocycles. The van der Waals surface area contributed by atoms with Crippen LogP contribution in [-0.2, 0) is 0 Å². The summed E-state index contributed by atoms with van der Waals surface area (Å²) in [6, 6.07) is 13.5. The van der Waals surface area contributed by atoms with E-state index in [9.17, 15) is 9.90 Å². The number of nitrogens with one attached hydrogen (secondary N) is 2. The van der Waals surface area contributed by atoms with Crippen molar-refractivity contribution in [2.24, 2.45) is 23.2 Å². The Kier molecular flexibility index (Phi) is 4.09. The van der Waals surface area contributed by atoms with Gasteiger partial charge in [-0.05, 0) is 85.1 Å². The molecule has 150 valence electrons. The zero-order valence-electron chi connectivity index (χ0n) is 16.4. The number of amides is 1. The van der Waals surface area contributed by atoms with Gasteiger partial charge in [0.25, 0.3) is 5.91 Å². The first kappa shape index (κ1) is 18.0. The highest BCUT2D eigenvalue weighted by molar-refractivity contribution is 7.99. The molecule has 7 rings (SSSR count). The van der Waals surface area contributed by atoms with Gasteiger partial charge < -0.3 is 10.4 Å². The fourth-order valence-electron chi connectivity index (χ4n) is 6.58. The lowest BCUT2D eigenvalue weighted by molar-refractivity contribution is 0.0846. The van der Waals surface area contributed by atoms with E-state index < -0.39 is 6.23 Å². The maximum atomic E-state index is 12.6. The molecule has 1 amide bonds. The molecule has 5 aliphatic rings. The van der Waals surface area contributed by atoms with Gasteiger partial charge in [0.05, 0.1) is 11.3 Å². The fraction of sp³-hybridized carbons (Fsp3) is 0.458. The highest BCUT2D eigenvalue weighted by Gasteiger charge is 2.55. The maximum absolute atomic E-state index is 12.6. The molecular weight excluding hydrogens is 380 g/mol. The molecule has 1 aliphatic heterocycles. The Balaban J connectivity index is 1.19. The third-order valence-electron chi connectivity index (χ3n) is 7.64. The predicted octanol–water partition coefficient (Wildman–Crippen LogP) is 4.81. The minimum absolute atomic E-state index is 0.0937. The van der Waals surface area contributed by atoms with E-state index in [2.05, 4.69) is 10.6 Å². The van der Waals surface area contributed by atoms with E-state index in [1.54, 1.807) is 11.8 Å². The number of fused-ring (bicyclic) bond motifs is 2. The van der Waals surface area contributed by atoms with E-state index in [0.717, 1.165) is 45.3 Å². The summed E-state index contributed by atoms with van der Waals surface area (Å²) in [7, 11) is 0. The fourth-order valence-corrected chi connectivity index (χ4v) is 7.59. The summed E-state index contributed by atoms with van der Waals surface area (Å²) in [5.41, 5.74) is 2.67. The number of hydrogen-bond donors (Lipinski definition) is 3. The van der Waals surface area contributed by atoms with Crippen LogP contribution in [0.2, 0.25) is 0 Å². The van der Waals surface area contributed by atoms with E-state index in [1.165, 1.54) is 32.1 Å². The Bertz CT molecular complexity index is 971. The molecule has 2 aromatic carbocycles. The standard InChI is InChI=1S/C24H26N2O2S/c27-22(25-13-24-10-14-7-16(11-24)17(8-14)12-24)15-5-6-21-19(9-15)26-23(28)18-3-1-2-4-20(18)29-21/h1-6,9,14,16-17,22,25,27H,7-8,10-13H2,(H,26,28). The molecule has 0 radical (unpaired) electrons. The molecule has 3 atom stereocenters. The minimum atomic E-state index is -0.709. The first-order valence-electron chi connectivity index (χ1n) is 10.7. The molecule has 0 aromatic heterocycles. The highest BCUT2D eigenvalue weighted by Crippen LogP contribution is 2.64. The number of hydrogen-bond acceptors (Lipinski definition) is 4. The number of rotatable bonds is 4. The summed E-state index contributed by atoms with van der Waals surface area (Å²) in [6.45, 7) is 0.890. The van der Waals surface area contributed by atoms with Crippen molar-refractivity contribution in [1.82, 2.24) is 5.32 Å². The number of aliphatic hydroxyl groups excluding tert-OH is 1. The molecule has 0 saturated heterocycles. The monoisotopic (exact) mass is 406 g/mol. The SMILES string of the molecule is O=C1Nc2cc(C(O)NCC34CC5CC(C3)C(C5)C4)ccc2Sc2ccccc21. The van der Waals surface area contributed by atoms with Gasteiger partial charge in [-0.1, -0.05) is 30.0 Å². The van der Waals surface area contributed by atoms with Crippen LogP contribution in [0.1, 0.15) is 54.3 Å². The van der Waals surface area contributed by atoms with Crippen molar-refractivity contribution in [3.63, 3.8) is 0 Å². The molecule has 4 bridgehead atoms. The second kappa shape index (κ2) is 6.59. The second-order valence-corrected chi connectivity index (χ2v) is 10.6. The number of carbonyl (C=O) groups is 1. The summed E-state index contributed by atoms with van der Waals surface area (Å²) in [5, 5.41) is 17.3. The summed E-state index contributed by atoms with van der Waals surface area (Å²) in [6.07, 6.45) is 6.18. The lowest BCUT2D eigenvalue weighted by Crippen LogP contribution is -2.39. The highest BCUT2D eigenvalue weighted by atomic mass is 32.2. The molecule has 3 N–H and O–H groups in total. The van der Waals surface area contributed by atoms with Crippen molar-refractivity contribution < 1.29 is 9.90 Å². The molecule has 5 heteroatoms. The summed E-state index contributed by atoms with van der Waals surface area (Å²) < 4.78 is 0. The van der Waals surface area contributed by atoms with E-state index in [-0.39, 0.29) is 5.91 Å². The van der Waals surface area contributed by atoms with Crippen molar-refractivity contribution >= 4 is 23.4 Å². The van der Waals surface area contributed by atoms with Crippen LogP contribution >= 0.6 is 11.8 Å². The average molecular weight is 407 g/mol. The Morgan fingerprint density at radius 2 is 1.90 bits per heavy atom. The van der Waals surface area contributed by atoms with Crippen LogP contribution in [0.15, 0.2) is 52.3 Å². The van der Waals surface area contributed by atoms with Crippen LogP contribution in [0.3, 0.4) is 0 Å². The van der Waals surface area contributed by atoms with Crippen molar-refractivity contribution in [2.75, 3.05) is 11.9 Å². The van der Waals surface area contributed by atoms with Crippen molar-refractivity contribution in [3.05, 3.63) is 53.6 Å². The van der Waals surface area contributed by atoms with Gasteiger partial charge in [0.2, 0.25) is 0 Å². The van der Waals surface area contributed by atoms with E-state index in [0.29, 0.717) is 11.0 Å². The lowest BCUT2D eigenvalue weighted by Gasteiger charge is -2.39. The molecule has 29 heavy (non-hydrogen) atoms. The normalized spacial score (nSPS) is 32.4. The van der Waals surface area contributed by atoms with Crippen molar-refractivity contribution in [2.45, 2.75) is 48.1 Å². The smallest absolute Gasteiger partial charge is 0.256 e.